The number of hydrogen-bond acceptors (Lipinski definition) is 4. The number of anilines is 1. The molecule has 3 atom stereocenters. The molecule has 0 N–H and O–H groups in total. The number of nitrogens with zero attached hydrogens (tertiary/aromatic N) is 2. The van der Waals surface area contributed by atoms with E-state index >= 15 is 0 Å². The Bertz CT molecular complexity index is 1630. The zero-order valence-electron chi connectivity index (χ0n) is 21.5. The van der Waals surface area contributed by atoms with Crippen LogP contribution in [-0.2, 0) is 20.5 Å². The van der Waals surface area contributed by atoms with Crippen LogP contribution >= 0.6 is 0 Å². The molecule has 6 rings (SSSR count). The zero-order chi connectivity index (χ0) is 28.6. The quantitative estimate of drug-likeness (QED) is 0.260. The number of benzene rings is 4. The number of amides is 2. The van der Waals surface area contributed by atoms with Crippen LogP contribution < -0.4 is 4.90 Å². The molecule has 4 aromatic carbocycles. The van der Waals surface area contributed by atoms with Crippen molar-refractivity contribution in [3.05, 3.63) is 143 Å². The average Bonchev–Trinajstić information content (AvgIpc) is 3.12. The van der Waals surface area contributed by atoms with Gasteiger partial charge in [-0.15, -0.1) is 0 Å². The number of para-hydroxylation sites is 1. The summed E-state index contributed by atoms with van der Waals surface area (Å²) in [4.78, 5) is 33.9. The van der Waals surface area contributed by atoms with Crippen LogP contribution in [-0.4, -0.2) is 23.6 Å². The molecule has 4 aromatic rings. The smallest absolute Gasteiger partial charge is 0.416 e. The summed E-state index contributed by atoms with van der Waals surface area (Å²) in [6.45, 7) is 0. The lowest BCUT2D eigenvalue weighted by molar-refractivity contribution is -0.137. The summed E-state index contributed by atoms with van der Waals surface area (Å²) >= 11 is 0. The molecule has 0 aliphatic carbocycles. The van der Waals surface area contributed by atoms with Gasteiger partial charge >= 0.3 is 6.18 Å². The van der Waals surface area contributed by atoms with E-state index in [1.807, 2.05) is 60.7 Å². The Labute approximate surface area is 234 Å². The van der Waals surface area contributed by atoms with Crippen LogP contribution in [0.3, 0.4) is 0 Å². The van der Waals surface area contributed by atoms with E-state index in [1.54, 1.807) is 36.4 Å². The molecule has 0 saturated carbocycles. The van der Waals surface area contributed by atoms with Gasteiger partial charge in [0.1, 0.15) is 17.4 Å². The first-order valence-corrected chi connectivity index (χ1v) is 13.0. The second-order valence-corrected chi connectivity index (χ2v) is 9.74. The second-order valence-electron chi connectivity index (χ2n) is 9.74. The number of rotatable bonds is 4. The first kappa shape index (κ1) is 26.3. The molecule has 8 heteroatoms. The topological polar surface area (TPSA) is 59.0 Å². The van der Waals surface area contributed by atoms with Crippen LogP contribution in [0.15, 0.2) is 126 Å². The highest BCUT2D eigenvalue weighted by atomic mass is 19.4. The van der Waals surface area contributed by atoms with Crippen LogP contribution in [0, 0.1) is 5.92 Å². The summed E-state index contributed by atoms with van der Waals surface area (Å²) in [5, 5.41) is 0. The van der Waals surface area contributed by atoms with Gasteiger partial charge in [-0.2, -0.15) is 13.2 Å². The first-order chi connectivity index (χ1) is 19.8. The normalized spacial score (nSPS) is 21.7. The third-order valence-corrected chi connectivity index (χ3v) is 7.13. The minimum Gasteiger partial charge on any atom is -0.477 e. The lowest BCUT2D eigenvalue weighted by Crippen LogP contribution is -2.33. The summed E-state index contributed by atoms with van der Waals surface area (Å²) in [7, 11) is 0. The molecule has 0 bridgehead atoms. The number of imide groups is 1. The Morgan fingerprint density at radius 1 is 0.732 bits per heavy atom. The number of hydrogen-bond donors (Lipinski definition) is 0. The fraction of sp³-hybridized carbons (Fsp3) is 0.121. The van der Waals surface area contributed by atoms with E-state index in [4.69, 9.17) is 9.73 Å². The predicted molar refractivity (Wildman–Crippen MR) is 149 cm³/mol. The highest BCUT2D eigenvalue weighted by Crippen LogP contribution is 2.43. The number of halogens is 3. The van der Waals surface area contributed by atoms with Crippen LogP contribution in [0.1, 0.15) is 28.3 Å². The maximum Gasteiger partial charge on any atom is 0.416 e. The van der Waals surface area contributed by atoms with Gasteiger partial charge in [-0.05, 0) is 41.5 Å². The highest BCUT2D eigenvalue weighted by Gasteiger charge is 2.55. The largest absolute Gasteiger partial charge is 0.477 e. The molecule has 0 radical (unpaired) electrons. The van der Waals surface area contributed by atoms with Gasteiger partial charge in [-0.25, -0.2) is 4.90 Å². The van der Waals surface area contributed by atoms with Crippen molar-refractivity contribution in [2.24, 2.45) is 10.9 Å². The Kier molecular flexibility index (Phi) is 6.75. The van der Waals surface area contributed by atoms with Crippen molar-refractivity contribution in [3.8, 4) is 0 Å². The lowest BCUT2D eigenvalue weighted by Gasteiger charge is -2.21. The Hall–Kier alpha value is -4.98. The number of allylic oxidation sites excluding steroid dienone is 1. The SMILES string of the molecule is O=C1[C@H]2[C@@H](c3ccc(C(F)(F)F)cc3)N=C(c3ccccc3)/C(=C/c3ccccc3)O[C@H]2C(=O)N1c1ccccc1. The van der Waals surface area contributed by atoms with Crippen LogP contribution in [0.2, 0.25) is 0 Å². The second kappa shape index (κ2) is 10.5. The van der Waals surface area contributed by atoms with E-state index in [9.17, 15) is 22.8 Å². The Balaban J connectivity index is 1.55. The van der Waals surface area contributed by atoms with Gasteiger partial charge in [0.15, 0.2) is 6.10 Å². The first-order valence-electron chi connectivity index (χ1n) is 13.0. The number of alkyl halides is 3. The van der Waals surface area contributed by atoms with Gasteiger partial charge in [0.2, 0.25) is 5.91 Å². The van der Waals surface area contributed by atoms with Crippen LogP contribution in [0.5, 0.6) is 0 Å². The number of carbonyl (C=O) groups is 2. The fourth-order valence-electron chi connectivity index (χ4n) is 5.17. The van der Waals surface area contributed by atoms with E-state index in [0.717, 1.165) is 22.6 Å². The van der Waals surface area contributed by atoms with Crippen molar-refractivity contribution in [1.29, 1.82) is 0 Å². The molecule has 2 aliphatic rings. The summed E-state index contributed by atoms with van der Waals surface area (Å²) in [5.74, 6) is -1.93. The molecular formula is C33H23F3N2O3. The molecule has 2 aliphatic heterocycles. The van der Waals surface area contributed by atoms with Crippen molar-refractivity contribution in [1.82, 2.24) is 0 Å². The molecule has 2 amide bonds. The average molecular weight is 553 g/mol. The summed E-state index contributed by atoms with van der Waals surface area (Å²) in [6, 6.07) is 30.5. The number of carbonyl (C=O) groups excluding carboxylic acids is 2. The number of ether oxygens (including phenoxy) is 1. The van der Waals surface area contributed by atoms with Crippen LogP contribution in [0.25, 0.3) is 6.08 Å². The summed E-state index contributed by atoms with van der Waals surface area (Å²) in [6.07, 6.45) is -4.03. The maximum atomic E-state index is 14.0. The molecular weight excluding hydrogens is 529 g/mol. The van der Waals surface area contributed by atoms with Gasteiger partial charge in [0.05, 0.1) is 17.3 Å². The summed E-state index contributed by atoms with van der Waals surface area (Å²) < 4.78 is 46.5. The van der Waals surface area contributed by atoms with Crippen molar-refractivity contribution in [3.63, 3.8) is 0 Å². The Morgan fingerprint density at radius 3 is 1.93 bits per heavy atom. The molecule has 5 nitrogen and oxygen atoms in total. The molecule has 1 saturated heterocycles. The monoisotopic (exact) mass is 552 g/mol. The molecule has 0 aromatic heterocycles. The third-order valence-electron chi connectivity index (χ3n) is 7.13. The van der Waals surface area contributed by atoms with Crippen molar-refractivity contribution < 1.29 is 27.5 Å². The molecule has 1 fully saturated rings. The van der Waals surface area contributed by atoms with Gasteiger partial charge in [-0.1, -0.05) is 91.0 Å². The van der Waals surface area contributed by atoms with E-state index in [0.29, 0.717) is 22.5 Å². The van der Waals surface area contributed by atoms with E-state index < -0.39 is 41.6 Å². The minimum absolute atomic E-state index is 0.280. The van der Waals surface area contributed by atoms with E-state index in [1.165, 1.54) is 12.1 Å². The van der Waals surface area contributed by atoms with Gasteiger partial charge in [-0.3, -0.25) is 14.6 Å². The maximum absolute atomic E-state index is 14.0. The highest BCUT2D eigenvalue weighted by molar-refractivity contribution is 6.24. The van der Waals surface area contributed by atoms with Crippen molar-refractivity contribution >= 4 is 29.3 Å². The van der Waals surface area contributed by atoms with Gasteiger partial charge < -0.3 is 4.74 Å². The zero-order valence-corrected chi connectivity index (χ0v) is 21.5. The number of fused-ring (bicyclic) bond motifs is 1. The fourth-order valence-corrected chi connectivity index (χ4v) is 5.17. The van der Waals surface area contributed by atoms with Crippen LogP contribution in [0.4, 0.5) is 18.9 Å². The van der Waals surface area contributed by atoms with E-state index in [-0.39, 0.29) is 5.76 Å². The molecule has 0 spiro atoms. The minimum atomic E-state index is -4.53. The van der Waals surface area contributed by atoms with Gasteiger partial charge in [0, 0.05) is 5.56 Å². The standard InChI is InChI=1S/C33H23F3N2O3/c34-33(35,36)24-18-16-23(17-19-24)29-27-30(32(40)38(31(27)39)25-14-8-3-9-15-25)41-26(20-21-10-4-1-5-11-21)28(37-29)22-12-6-2-7-13-22/h1-20,27,29-30H/b26-20-/t27-,29+,30+/m0/s1. The van der Waals surface area contributed by atoms with Gasteiger partial charge in [0.25, 0.3) is 5.91 Å². The number of aliphatic imine (C=N–C) groups is 1. The Morgan fingerprint density at radius 2 is 1.32 bits per heavy atom. The molecule has 2 heterocycles. The van der Waals surface area contributed by atoms with Crippen molar-refractivity contribution in [2.75, 3.05) is 4.90 Å². The van der Waals surface area contributed by atoms with E-state index in [2.05, 4.69) is 0 Å². The van der Waals surface area contributed by atoms with Crippen molar-refractivity contribution in [2.45, 2.75) is 18.3 Å². The molecule has 41 heavy (non-hydrogen) atoms. The predicted octanol–water partition coefficient (Wildman–Crippen LogP) is 6.87. The lowest BCUT2D eigenvalue weighted by atomic mass is 9.89. The molecule has 204 valence electrons. The third kappa shape index (κ3) is 5.04. The molecule has 0 unspecified atom stereocenters. The summed E-state index contributed by atoms with van der Waals surface area (Å²) in [5.41, 5.74) is 1.77.